The summed E-state index contributed by atoms with van der Waals surface area (Å²) in [6.45, 7) is 2.07. The van der Waals surface area contributed by atoms with Crippen molar-refractivity contribution in [3.05, 3.63) is 65.7 Å². The van der Waals surface area contributed by atoms with E-state index in [1.54, 1.807) is 4.68 Å². The molecule has 3 aromatic rings. The van der Waals surface area contributed by atoms with Gasteiger partial charge in [0.05, 0.1) is 11.4 Å². The van der Waals surface area contributed by atoms with Gasteiger partial charge in [0, 0.05) is 25.2 Å². The van der Waals surface area contributed by atoms with Crippen molar-refractivity contribution in [1.29, 1.82) is 0 Å². The number of nitrogens with zero attached hydrogens (tertiary/aromatic N) is 5. The van der Waals surface area contributed by atoms with Gasteiger partial charge >= 0.3 is 0 Å². The predicted octanol–water partition coefficient (Wildman–Crippen LogP) is 2.31. The Labute approximate surface area is 178 Å². The topological polar surface area (TPSA) is 93.0 Å². The van der Waals surface area contributed by atoms with Crippen molar-refractivity contribution < 1.29 is 9.59 Å². The van der Waals surface area contributed by atoms with Gasteiger partial charge in [-0.05, 0) is 53.1 Å². The average molecular weight is 423 g/mol. The third kappa shape index (κ3) is 4.85. The van der Waals surface area contributed by atoms with E-state index < -0.39 is 0 Å². The molecule has 1 aliphatic rings. The van der Waals surface area contributed by atoms with Gasteiger partial charge in [-0.1, -0.05) is 42.1 Å². The fourth-order valence-corrected chi connectivity index (χ4v) is 3.97. The number of benzene rings is 2. The zero-order valence-electron chi connectivity index (χ0n) is 16.4. The minimum absolute atomic E-state index is 0.0793. The number of rotatable bonds is 7. The Bertz CT molecular complexity index is 1000. The first-order chi connectivity index (χ1) is 14.7. The van der Waals surface area contributed by atoms with E-state index in [2.05, 4.69) is 20.8 Å². The lowest BCUT2D eigenvalue weighted by atomic mass is 10.1. The molecule has 0 atom stereocenters. The van der Waals surface area contributed by atoms with Gasteiger partial charge in [-0.3, -0.25) is 9.59 Å². The first-order valence-corrected chi connectivity index (χ1v) is 10.8. The molecule has 0 unspecified atom stereocenters. The Kier molecular flexibility index (Phi) is 6.38. The number of tetrazole rings is 1. The summed E-state index contributed by atoms with van der Waals surface area (Å²) < 4.78 is 1.61. The van der Waals surface area contributed by atoms with Gasteiger partial charge in [0.2, 0.25) is 11.1 Å². The summed E-state index contributed by atoms with van der Waals surface area (Å²) in [7, 11) is 0. The lowest BCUT2D eigenvalue weighted by molar-refractivity contribution is -0.118. The maximum atomic E-state index is 12.4. The van der Waals surface area contributed by atoms with Crippen LogP contribution in [0.3, 0.4) is 0 Å². The lowest BCUT2D eigenvalue weighted by Gasteiger charge is -2.15. The van der Waals surface area contributed by atoms with Crippen molar-refractivity contribution in [2.24, 2.45) is 0 Å². The van der Waals surface area contributed by atoms with Crippen LogP contribution in [0.15, 0.2) is 59.8 Å². The monoisotopic (exact) mass is 422 g/mol. The molecule has 0 bridgehead atoms. The molecule has 0 saturated carbocycles. The molecule has 1 aliphatic heterocycles. The van der Waals surface area contributed by atoms with Crippen molar-refractivity contribution in [1.82, 2.24) is 30.4 Å². The third-order valence-corrected chi connectivity index (χ3v) is 5.78. The number of carbonyl (C=O) groups is 2. The van der Waals surface area contributed by atoms with Gasteiger partial charge in [-0.15, -0.1) is 5.10 Å². The fraction of sp³-hybridized carbons (Fsp3) is 0.286. The Hall–Kier alpha value is -3.20. The van der Waals surface area contributed by atoms with E-state index in [1.165, 1.54) is 11.8 Å². The summed E-state index contributed by atoms with van der Waals surface area (Å²) in [4.78, 5) is 26.5. The van der Waals surface area contributed by atoms with Crippen molar-refractivity contribution in [2.75, 3.05) is 18.8 Å². The second-order valence-corrected chi connectivity index (χ2v) is 7.91. The summed E-state index contributed by atoms with van der Waals surface area (Å²) in [5.74, 6) is 0.175. The number of nitrogens with one attached hydrogen (secondary N) is 1. The summed E-state index contributed by atoms with van der Waals surface area (Å²) in [6, 6.07) is 16.9. The van der Waals surface area contributed by atoms with Gasteiger partial charge in [0.25, 0.3) is 5.91 Å². The number of hydrogen-bond donors (Lipinski definition) is 1. The van der Waals surface area contributed by atoms with Crippen LogP contribution in [0.4, 0.5) is 0 Å². The minimum Gasteiger partial charge on any atom is -0.351 e. The minimum atomic E-state index is -0.111. The molecule has 30 heavy (non-hydrogen) atoms. The molecule has 1 fully saturated rings. The van der Waals surface area contributed by atoms with Crippen LogP contribution in [-0.2, 0) is 11.3 Å². The maximum absolute atomic E-state index is 12.4. The quantitative estimate of drug-likeness (QED) is 0.588. The molecule has 8 nitrogen and oxygen atoms in total. The van der Waals surface area contributed by atoms with Gasteiger partial charge in [-0.25, -0.2) is 0 Å². The van der Waals surface area contributed by atoms with E-state index in [0.29, 0.717) is 17.3 Å². The fourth-order valence-electron chi connectivity index (χ4n) is 3.25. The SMILES string of the molecule is O=C(CSc1nnnn1-c1ccccc1)NCc1ccc(C(=O)N2CCCC2)cc1. The molecule has 2 heterocycles. The average Bonchev–Trinajstić information content (AvgIpc) is 3.49. The van der Waals surface area contributed by atoms with E-state index in [1.807, 2.05) is 59.5 Å². The molecule has 2 aromatic carbocycles. The van der Waals surface area contributed by atoms with Gasteiger partial charge in [-0.2, -0.15) is 4.68 Å². The van der Waals surface area contributed by atoms with Crippen LogP contribution in [0, 0.1) is 0 Å². The van der Waals surface area contributed by atoms with Crippen molar-refractivity contribution >= 4 is 23.6 Å². The molecule has 0 spiro atoms. The zero-order chi connectivity index (χ0) is 20.8. The van der Waals surface area contributed by atoms with Crippen LogP contribution >= 0.6 is 11.8 Å². The van der Waals surface area contributed by atoms with Gasteiger partial charge < -0.3 is 10.2 Å². The first-order valence-electron chi connectivity index (χ1n) is 9.82. The Balaban J connectivity index is 1.26. The molecule has 1 N–H and O–H groups in total. The van der Waals surface area contributed by atoms with Gasteiger partial charge in [0.15, 0.2) is 0 Å². The van der Waals surface area contributed by atoms with Gasteiger partial charge in [0.1, 0.15) is 0 Å². The summed E-state index contributed by atoms with van der Waals surface area (Å²) in [6.07, 6.45) is 2.15. The standard InChI is InChI=1S/C21H22N6O2S/c28-19(15-30-21-23-24-25-27(21)18-6-2-1-3-7-18)22-14-16-8-10-17(11-9-16)20(29)26-12-4-5-13-26/h1-3,6-11H,4-5,12-15H2,(H,22,28). The van der Waals surface area contributed by atoms with E-state index in [9.17, 15) is 9.59 Å². The molecular weight excluding hydrogens is 400 g/mol. The molecule has 154 valence electrons. The Morgan fingerprint density at radius 2 is 1.73 bits per heavy atom. The normalized spacial score (nSPS) is 13.4. The number of amides is 2. The highest BCUT2D eigenvalue weighted by atomic mass is 32.2. The zero-order valence-corrected chi connectivity index (χ0v) is 17.2. The Morgan fingerprint density at radius 1 is 1.00 bits per heavy atom. The van der Waals surface area contributed by atoms with Crippen molar-refractivity contribution in [2.45, 2.75) is 24.5 Å². The summed E-state index contributed by atoms with van der Waals surface area (Å²) in [5, 5.41) is 15.1. The highest BCUT2D eigenvalue weighted by molar-refractivity contribution is 7.99. The molecule has 4 rings (SSSR count). The first kappa shape index (κ1) is 20.1. The van der Waals surface area contributed by atoms with Crippen LogP contribution in [0.1, 0.15) is 28.8 Å². The van der Waals surface area contributed by atoms with E-state index >= 15 is 0 Å². The number of aromatic nitrogens is 4. The van der Waals surface area contributed by atoms with E-state index in [4.69, 9.17) is 0 Å². The number of carbonyl (C=O) groups excluding carboxylic acids is 2. The number of thioether (sulfide) groups is 1. The lowest BCUT2D eigenvalue weighted by Crippen LogP contribution is -2.27. The van der Waals surface area contributed by atoms with Crippen molar-refractivity contribution in [3.63, 3.8) is 0 Å². The number of likely N-dealkylation sites (tertiary alicyclic amines) is 1. The summed E-state index contributed by atoms with van der Waals surface area (Å²) >= 11 is 1.28. The van der Waals surface area contributed by atoms with Crippen LogP contribution < -0.4 is 5.32 Å². The smallest absolute Gasteiger partial charge is 0.253 e. The van der Waals surface area contributed by atoms with Crippen LogP contribution in [-0.4, -0.2) is 55.8 Å². The summed E-state index contributed by atoms with van der Waals surface area (Å²) in [5.41, 5.74) is 2.48. The predicted molar refractivity (Wildman–Crippen MR) is 113 cm³/mol. The van der Waals surface area contributed by atoms with Crippen molar-refractivity contribution in [3.8, 4) is 5.69 Å². The Morgan fingerprint density at radius 3 is 2.47 bits per heavy atom. The molecule has 0 radical (unpaired) electrons. The third-order valence-electron chi connectivity index (χ3n) is 4.86. The van der Waals surface area contributed by atoms with Crippen LogP contribution in [0.2, 0.25) is 0 Å². The second-order valence-electron chi connectivity index (χ2n) is 6.97. The van der Waals surface area contributed by atoms with E-state index in [-0.39, 0.29) is 17.6 Å². The number of hydrogen-bond acceptors (Lipinski definition) is 6. The molecule has 0 aliphatic carbocycles. The van der Waals surface area contributed by atoms with Crippen LogP contribution in [0.5, 0.6) is 0 Å². The number of para-hydroxylation sites is 1. The maximum Gasteiger partial charge on any atom is 0.253 e. The molecule has 1 aromatic heterocycles. The van der Waals surface area contributed by atoms with E-state index in [0.717, 1.165) is 37.2 Å². The highest BCUT2D eigenvalue weighted by Gasteiger charge is 2.19. The van der Waals surface area contributed by atoms with Crippen LogP contribution in [0.25, 0.3) is 5.69 Å². The highest BCUT2D eigenvalue weighted by Crippen LogP contribution is 2.18. The largest absolute Gasteiger partial charge is 0.351 e. The molecule has 9 heteroatoms. The molecule has 2 amide bonds. The molecule has 1 saturated heterocycles. The molecular formula is C21H22N6O2S. The second kappa shape index (κ2) is 9.53.